The van der Waals surface area contributed by atoms with Crippen molar-refractivity contribution in [2.45, 2.75) is 31.7 Å². The molecular formula is C21H18F3N7O. The average Bonchev–Trinajstić information content (AvgIpc) is 3.49. The maximum absolute atomic E-state index is 13.0. The zero-order valence-electron chi connectivity index (χ0n) is 16.8. The number of rotatable bonds is 5. The largest absolute Gasteiger partial charge is 0.433 e. The van der Waals surface area contributed by atoms with Crippen LogP contribution in [0.3, 0.4) is 0 Å². The maximum Gasteiger partial charge on any atom is 0.433 e. The summed E-state index contributed by atoms with van der Waals surface area (Å²) in [6.45, 7) is 1.28. The molecule has 1 atom stereocenters. The molecular weight excluding hydrogens is 423 g/mol. The number of nitrogens with two attached hydrogens (primary N) is 1. The summed E-state index contributed by atoms with van der Waals surface area (Å²) in [5.41, 5.74) is 8.46. The number of amides is 1. The van der Waals surface area contributed by atoms with Crippen LogP contribution >= 0.6 is 0 Å². The minimum Gasteiger partial charge on any atom is -0.364 e. The van der Waals surface area contributed by atoms with Gasteiger partial charge in [-0.25, -0.2) is 9.67 Å². The number of aromatic nitrogens is 4. The Labute approximate surface area is 180 Å². The van der Waals surface area contributed by atoms with Crippen molar-refractivity contribution in [3.8, 4) is 5.69 Å². The number of pyridine rings is 2. The molecule has 0 saturated carbocycles. The van der Waals surface area contributed by atoms with E-state index in [4.69, 9.17) is 5.73 Å². The molecule has 2 aliphatic heterocycles. The fourth-order valence-electron chi connectivity index (χ4n) is 3.86. The summed E-state index contributed by atoms with van der Waals surface area (Å²) in [7, 11) is 0. The molecule has 2 aliphatic rings. The molecule has 0 spiro atoms. The Bertz CT molecular complexity index is 1230. The number of carbonyl (C=O) groups is 1. The normalized spacial score (nSPS) is 17.9. The van der Waals surface area contributed by atoms with Gasteiger partial charge in [0, 0.05) is 49.4 Å². The Hall–Kier alpha value is -3.60. The molecule has 3 aromatic rings. The van der Waals surface area contributed by atoms with Crippen molar-refractivity contribution >= 4 is 12.1 Å². The highest BCUT2D eigenvalue weighted by Gasteiger charge is 2.32. The second-order valence-corrected chi connectivity index (χ2v) is 7.79. The lowest BCUT2D eigenvalue weighted by Gasteiger charge is -2.29. The van der Waals surface area contributed by atoms with E-state index in [1.165, 1.54) is 0 Å². The van der Waals surface area contributed by atoms with Gasteiger partial charge in [0.15, 0.2) is 0 Å². The lowest BCUT2D eigenvalue weighted by Crippen LogP contribution is -2.32. The molecule has 5 rings (SSSR count). The van der Waals surface area contributed by atoms with E-state index < -0.39 is 17.8 Å². The minimum absolute atomic E-state index is 0.0504. The first-order valence-electron chi connectivity index (χ1n) is 9.93. The molecule has 0 fully saturated rings. The predicted octanol–water partition coefficient (Wildman–Crippen LogP) is 2.46. The van der Waals surface area contributed by atoms with Crippen LogP contribution in [0.4, 0.5) is 13.2 Å². The van der Waals surface area contributed by atoms with Crippen molar-refractivity contribution in [1.29, 1.82) is 0 Å². The first kappa shape index (κ1) is 20.3. The lowest BCUT2D eigenvalue weighted by atomic mass is 10.0. The van der Waals surface area contributed by atoms with E-state index in [9.17, 15) is 18.0 Å². The second-order valence-electron chi connectivity index (χ2n) is 7.79. The highest BCUT2D eigenvalue weighted by Crippen LogP contribution is 2.30. The van der Waals surface area contributed by atoms with Crippen molar-refractivity contribution in [3.05, 3.63) is 70.6 Å². The van der Waals surface area contributed by atoms with Gasteiger partial charge >= 0.3 is 6.18 Å². The van der Waals surface area contributed by atoms with E-state index in [0.717, 1.165) is 29.1 Å². The first-order chi connectivity index (χ1) is 15.3. The summed E-state index contributed by atoms with van der Waals surface area (Å²) in [5, 5.41) is 4.41. The molecule has 0 radical (unpaired) electrons. The number of hydrogen-bond acceptors (Lipinski definition) is 6. The fraction of sp³-hybridized carbons (Fsp3) is 0.286. The van der Waals surface area contributed by atoms with Gasteiger partial charge < -0.3 is 5.73 Å². The van der Waals surface area contributed by atoms with E-state index in [2.05, 4.69) is 20.1 Å². The van der Waals surface area contributed by atoms with E-state index >= 15 is 0 Å². The van der Waals surface area contributed by atoms with Gasteiger partial charge in [-0.2, -0.15) is 18.3 Å². The predicted molar refractivity (Wildman–Crippen MR) is 108 cm³/mol. The number of nitrogens with zero attached hydrogens (tertiary/aromatic N) is 6. The van der Waals surface area contributed by atoms with Crippen molar-refractivity contribution < 1.29 is 18.0 Å². The van der Waals surface area contributed by atoms with E-state index in [1.54, 1.807) is 23.0 Å². The van der Waals surface area contributed by atoms with Crippen LogP contribution in [0.15, 0.2) is 41.8 Å². The van der Waals surface area contributed by atoms with E-state index in [0.29, 0.717) is 37.3 Å². The molecule has 0 saturated heterocycles. The van der Waals surface area contributed by atoms with Crippen molar-refractivity contribution in [2.75, 3.05) is 6.54 Å². The van der Waals surface area contributed by atoms with Crippen LogP contribution in [0.25, 0.3) is 5.69 Å². The topological polar surface area (TPSA) is 102 Å². The van der Waals surface area contributed by atoms with Gasteiger partial charge in [0.25, 0.3) is 5.91 Å². The Kier molecular flexibility index (Phi) is 4.77. The van der Waals surface area contributed by atoms with Gasteiger partial charge in [-0.15, -0.1) is 0 Å². The van der Waals surface area contributed by atoms with Gasteiger partial charge in [-0.05, 0) is 30.2 Å². The van der Waals surface area contributed by atoms with Gasteiger partial charge in [-0.3, -0.25) is 19.7 Å². The lowest BCUT2D eigenvalue weighted by molar-refractivity contribution is -0.141. The summed E-state index contributed by atoms with van der Waals surface area (Å²) in [5.74, 6) is -0.659. The smallest absolute Gasteiger partial charge is 0.364 e. The molecule has 11 heteroatoms. The number of halogens is 3. The number of carbonyl (C=O) groups excluding carboxylic acids is 1. The Morgan fingerprint density at radius 3 is 2.81 bits per heavy atom. The van der Waals surface area contributed by atoms with Crippen molar-refractivity contribution in [1.82, 2.24) is 24.6 Å². The summed E-state index contributed by atoms with van der Waals surface area (Å²) < 4.78 is 40.6. The van der Waals surface area contributed by atoms with Crippen LogP contribution < -0.4 is 5.73 Å². The molecule has 0 bridgehead atoms. The highest BCUT2D eigenvalue weighted by atomic mass is 19.4. The Balaban J connectivity index is 1.43. The van der Waals surface area contributed by atoms with Gasteiger partial charge in [0.2, 0.25) is 0 Å². The third kappa shape index (κ3) is 3.98. The number of primary amides is 1. The van der Waals surface area contributed by atoms with Crippen LogP contribution in [0.2, 0.25) is 0 Å². The van der Waals surface area contributed by atoms with E-state index in [-0.39, 0.29) is 11.7 Å². The second kappa shape index (κ2) is 7.52. The molecule has 2 N–H and O–H groups in total. The zero-order valence-corrected chi connectivity index (χ0v) is 16.8. The number of fused-ring (bicyclic) bond motifs is 1. The summed E-state index contributed by atoms with van der Waals surface area (Å²) in [6, 6.07) is 4.29. The third-order valence-electron chi connectivity index (χ3n) is 5.50. The molecule has 5 heterocycles. The Morgan fingerprint density at radius 1 is 1.28 bits per heavy atom. The molecule has 8 nitrogen and oxygen atoms in total. The quantitative estimate of drug-likeness (QED) is 0.655. The van der Waals surface area contributed by atoms with Gasteiger partial charge in [-0.1, -0.05) is 0 Å². The molecule has 1 unspecified atom stereocenters. The van der Waals surface area contributed by atoms with E-state index in [1.807, 2.05) is 17.3 Å². The Morgan fingerprint density at radius 2 is 2.09 bits per heavy atom. The molecule has 0 aliphatic carbocycles. The molecule has 1 amide bonds. The summed E-state index contributed by atoms with van der Waals surface area (Å²) in [6.07, 6.45) is 2.68. The van der Waals surface area contributed by atoms with Crippen molar-refractivity contribution in [2.24, 2.45) is 10.7 Å². The van der Waals surface area contributed by atoms with Gasteiger partial charge in [0.1, 0.15) is 17.4 Å². The monoisotopic (exact) mass is 441 g/mol. The summed E-state index contributed by atoms with van der Waals surface area (Å²) >= 11 is 0. The van der Waals surface area contributed by atoms with Crippen LogP contribution in [0.5, 0.6) is 0 Å². The molecule has 32 heavy (non-hydrogen) atoms. The first-order valence-corrected chi connectivity index (χ1v) is 9.93. The molecule has 3 aromatic heterocycles. The number of alkyl halides is 3. The maximum atomic E-state index is 13.0. The van der Waals surface area contributed by atoms with Gasteiger partial charge in [0.05, 0.1) is 17.6 Å². The minimum atomic E-state index is -4.49. The zero-order chi connectivity index (χ0) is 22.5. The van der Waals surface area contributed by atoms with Crippen LogP contribution in [-0.4, -0.2) is 43.3 Å². The number of hydrogen-bond donors (Lipinski definition) is 1. The van der Waals surface area contributed by atoms with Crippen LogP contribution in [-0.2, 0) is 25.7 Å². The standard InChI is InChI=1S/C21H18F3N7O/c22-21(23,24)19-5-12(1-3-26-19)9-30-4-2-14-17(11-30)29-15(20(25)32)6-18(14)31-10-13(7-28-31)16-8-27-16/h1,3,5-8,10,16H,2,4,9,11H2,(H2,25,32). The fourth-order valence-corrected chi connectivity index (χ4v) is 3.86. The number of aliphatic imine (C=N–C) groups is 1. The molecule has 0 aromatic carbocycles. The highest BCUT2D eigenvalue weighted by molar-refractivity contribution is 5.91. The molecule has 164 valence electrons. The van der Waals surface area contributed by atoms with Crippen molar-refractivity contribution in [3.63, 3.8) is 0 Å². The van der Waals surface area contributed by atoms with Crippen LogP contribution in [0, 0.1) is 0 Å². The average molecular weight is 441 g/mol. The summed E-state index contributed by atoms with van der Waals surface area (Å²) in [4.78, 5) is 25.8. The SMILES string of the molecule is NC(=O)c1cc(-n2cc(C3C=N3)cn2)c2c(n1)CN(Cc1ccnc(C(F)(F)F)c1)CC2. The third-order valence-corrected chi connectivity index (χ3v) is 5.50. The van der Waals surface area contributed by atoms with Crippen LogP contribution in [0.1, 0.15) is 44.6 Å².